The van der Waals surface area contributed by atoms with Gasteiger partial charge in [0.15, 0.2) is 0 Å². The lowest BCUT2D eigenvalue weighted by Crippen LogP contribution is -2.22. The maximum absolute atomic E-state index is 8.29. The smallest absolute Gasteiger partial charge is 0.138 e. The van der Waals surface area contributed by atoms with Crippen LogP contribution in [0.4, 0.5) is 0 Å². The molecule has 25 heavy (non-hydrogen) atoms. The Morgan fingerprint density at radius 1 is 1.08 bits per heavy atom. The van der Waals surface area contributed by atoms with E-state index >= 15 is 0 Å². The summed E-state index contributed by atoms with van der Waals surface area (Å²) in [6.07, 6.45) is 1.00. The van der Waals surface area contributed by atoms with Gasteiger partial charge in [-0.2, -0.15) is 0 Å². The van der Waals surface area contributed by atoms with Crippen LogP contribution in [0, 0.1) is 0 Å². The van der Waals surface area contributed by atoms with Gasteiger partial charge in [0.05, 0.1) is 25.3 Å². The number of hydrogen-bond acceptors (Lipinski definition) is 6. The fourth-order valence-corrected chi connectivity index (χ4v) is 2.01. The number of methoxy groups -OCH3 is 1. The van der Waals surface area contributed by atoms with Crippen molar-refractivity contribution < 1.29 is 19.7 Å². The zero-order valence-corrected chi connectivity index (χ0v) is 14.0. The highest BCUT2D eigenvalue weighted by molar-refractivity contribution is 5.86. The molecule has 1 heterocycles. The largest absolute Gasteiger partial charge is 0.497 e. The quantitative estimate of drug-likeness (QED) is 0.658. The third kappa shape index (κ3) is 5.42. The standard InChI is InChI=1S/C16H13NO2.C3H9NO2/c1-18-13-7-8-14-15(11-13)17-10-9-16(14)19-12-5-3-2-4-6-12;4-1-3(6)2-5/h2-11H,1H3;3,5-6H,1-2,4H2. The number of aliphatic hydroxyl groups excluding tert-OH is 2. The van der Waals surface area contributed by atoms with E-state index in [1.54, 1.807) is 13.3 Å². The molecule has 3 aromatic rings. The van der Waals surface area contributed by atoms with Gasteiger partial charge in [-0.15, -0.1) is 0 Å². The normalized spacial score (nSPS) is 11.4. The summed E-state index contributed by atoms with van der Waals surface area (Å²) in [5.74, 6) is 2.39. The van der Waals surface area contributed by atoms with Gasteiger partial charge in [0.25, 0.3) is 0 Å². The van der Waals surface area contributed by atoms with Crippen LogP contribution < -0.4 is 15.2 Å². The minimum atomic E-state index is -0.731. The SMILES string of the molecule is COc1ccc2c(Oc3ccccc3)ccnc2c1.NCC(O)CO. The summed E-state index contributed by atoms with van der Waals surface area (Å²) in [7, 11) is 1.64. The van der Waals surface area contributed by atoms with Crippen molar-refractivity contribution in [3.63, 3.8) is 0 Å². The molecule has 0 aliphatic carbocycles. The molecule has 0 amide bonds. The molecule has 132 valence electrons. The third-order valence-electron chi connectivity index (χ3n) is 3.36. The molecule has 0 bridgehead atoms. The fourth-order valence-electron chi connectivity index (χ4n) is 2.01. The highest BCUT2D eigenvalue weighted by atomic mass is 16.5. The highest BCUT2D eigenvalue weighted by Crippen LogP contribution is 2.30. The molecule has 0 aliphatic heterocycles. The van der Waals surface area contributed by atoms with E-state index in [-0.39, 0.29) is 13.2 Å². The van der Waals surface area contributed by atoms with Crippen molar-refractivity contribution in [2.75, 3.05) is 20.3 Å². The van der Waals surface area contributed by atoms with Gasteiger partial charge in [-0.1, -0.05) is 18.2 Å². The Hall–Kier alpha value is -2.67. The van der Waals surface area contributed by atoms with Crippen LogP contribution in [0.3, 0.4) is 0 Å². The number of hydrogen-bond donors (Lipinski definition) is 3. The zero-order valence-electron chi connectivity index (χ0n) is 14.0. The van der Waals surface area contributed by atoms with Crippen molar-refractivity contribution in [1.82, 2.24) is 4.98 Å². The van der Waals surface area contributed by atoms with E-state index in [1.807, 2.05) is 54.6 Å². The summed E-state index contributed by atoms with van der Waals surface area (Å²) in [4.78, 5) is 4.33. The number of benzene rings is 2. The summed E-state index contributed by atoms with van der Waals surface area (Å²) in [5, 5.41) is 17.3. The Morgan fingerprint density at radius 2 is 1.84 bits per heavy atom. The van der Waals surface area contributed by atoms with Crippen LogP contribution in [0.2, 0.25) is 0 Å². The molecular weight excluding hydrogens is 320 g/mol. The highest BCUT2D eigenvalue weighted by Gasteiger charge is 2.05. The maximum atomic E-state index is 8.29. The van der Waals surface area contributed by atoms with Crippen LogP contribution in [0.1, 0.15) is 0 Å². The number of aliphatic hydroxyl groups is 2. The van der Waals surface area contributed by atoms with Crippen LogP contribution in [-0.4, -0.2) is 41.6 Å². The second-order valence-corrected chi connectivity index (χ2v) is 5.18. The zero-order chi connectivity index (χ0) is 18.1. The molecule has 0 radical (unpaired) electrons. The van der Waals surface area contributed by atoms with Crippen molar-refractivity contribution in [2.24, 2.45) is 5.73 Å². The molecule has 2 aromatic carbocycles. The molecule has 0 fully saturated rings. The van der Waals surface area contributed by atoms with Gasteiger partial charge in [0.1, 0.15) is 17.2 Å². The lowest BCUT2D eigenvalue weighted by atomic mass is 10.2. The number of para-hydroxylation sites is 1. The van der Waals surface area contributed by atoms with Crippen molar-refractivity contribution >= 4 is 10.9 Å². The first-order chi connectivity index (χ1) is 12.2. The Bertz CT molecular complexity index is 777. The predicted molar refractivity (Wildman–Crippen MR) is 97.0 cm³/mol. The van der Waals surface area contributed by atoms with E-state index in [2.05, 4.69) is 4.98 Å². The molecule has 0 saturated carbocycles. The molecule has 0 aliphatic rings. The number of pyridine rings is 1. The first kappa shape index (κ1) is 18.7. The monoisotopic (exact) mass is 342 g/mol. The van der Waals surface area contributed by atoms with Crippen molar-refractivity contribution in [1.29, 1.82) is 0 Å². The summed E-state index contributed by atoms with van der Waals surface area (Å²) in [6.45, 7) is -0.104. The lowest BCUT2D eigenvalue weighted by Gasteiger charge is -2.09. The summed E-state index contributed by atoms with van der Waals surface area (Å²) in [5.41, 5.74) is 5.73. The molecule has 0 saturated heterocycles. The van der Waals surface area contributed by atoms with Crippen molar-refractivity contribution in [2.45, 2.75) is 6.10 Å². The molecular formula is C19H22N2O4. The average molecular weight is 342 g/mol. The Balaban J connectivity index is 0.000000326. The molecule has 3 rings (SSSR count). The van der Waals surface area contributed by atoms with Crippen LogP contribution in [0.25, 0.3) is 10.9 Å². The summed E-state index contributed by atoms with van der Waals surface area (Å²) in [6, 6.07) is 17.3. The lowest BCUT2D eigenvalue weighted by molar-refractivity contribution is 0.102. The topological polar surface area (TPSA) is 97.8 Å². The van der Waals surface area contributed by atoms with E-state index in [0.29, 0.717) is 0 Å². The number of rotatable bonds is 5. The van der Waals surface area contributed by atoms with E-state index in [9.17, 15) is 0 Å². The number of aromatic nitrogens is 1. The van der Waals surface area contributed by atoms with Gasteiger partial charge in [0.2, 0.25) is 0 Å². The molecule has 1 aromatic heterocycles. The molecule has 0 spiro atoms. The number of nitrogens with zero attached hydrogens (tertiary/aromatic N) is 1. The third-order valence-corrected chi connectivity index (χ3v) is 3.36. The minimum absolute atomic E-state index is 0.135. The number of ether oxygens (including phenoxy) is 2. The predicted octanol–water partition coefficient (Wildman–Crippen LogP) is 2.33. The van der Waals surface area contributed by atoms with E-state index in [4.69, 9.17) is 25.4 Å². The number of fused-ring (bicyclic) bond motifs is 1. The average Bonchev–Trinajstić information content (AvgIpc) is 2.68. The fraction of sp³-hybridized carbons (Fsp3) is 0.211. The Morgan fingerprint density at radius 3 is 2.44 bits per heavy atom. The van der Waals surface area contributed by atoms with Gasteiger partial charge < -0.3 is 25.4 Å². The minimum Gasteiger partial charge on any atom is -0.497 e. The van der Waals surface area contributed by atoms with Crippen LogP contribution in [0.5, 0.6) is 17.2 Å². The molecule has 6 nitrogen and oxygen atoms in total. The number of nitrogens with two attached hydrogens (primary N) is 1. The van der Waals surface area contributed by atoms with Gasteiger partial charge in [-0.25, -0.2) is 0 Å². The van der Waals surface area contributed by atoms with Gasteiger partial charge in [-0.05, 0) is 30.3 Å². The van der Waals surface area contributed by atoms with E-state index < -0.39 is 6.10 Å². The molecule has 1 atom stereocenters. The van der Waals surface area contributed by atoms with Crippen LogP contribution in [0.15, 0.2) is 60.8 Å². The maximum Gasteiger partial charge on any atom is 0.138 e. The van der Waals surface area contributed by atoms with Crippen molar-refractivity contribution in [3.05, 3.63) is 60.8 Å². The molecule has 6 heteroatoms. The Labute approximate surface area is 146 Å². The van der Waals surface area contributed by atoms with E-state index in [1.165, 1.54) is 0 Å². The summed E-state index contributed by atoms with van der Waals surface area (Å²) >= 11 is 0. The van der Waals surface area contributed by atoms with Gasteiger partial charge >= 0.3 is 0 Å². The molecule has 4 N–H and O–H groups in total. The van der Waals surface area contributed by atoms with Crippen LogP contribution >= 0.6 is 0 Å². The second kappa shape index (κ2) is 9.58. The molecule has 1 unspecified atom stereocenters. The van der Waals surface area contributed by atoms with Crippen molar-refractivity contribution in [3.8, 4) is 17.2 Å². The van der Waals surface area contributed by atoms with Gasteiger partial charge in [0, 0.05) is 24.2 Å². The van der Waals surface area contributed by atoms with Crippen LogP contribution in [-0.2, 0) is 0 Å². The van der Waals surface area contributed by atoms with Gasteiger partial charge in [-0.3, -0.25) is 4.98 Å². The summed E-state index contributed by atoms with van der Waals surface area (Å²) < 4.78 is 11.1. The van der Waals surface area contributed by atoms with E-state index in [0.717, 1.165) is 28.2 Å². The Kier molecular flexibility index (Phi) is 7.16. The second-order valence-electron chi connectivity index (χ2n) is 5.18. The first-order valence-electron chi connectivity index (χ1n) is 7.82. The first-order valence-corrected chi connectivity index (χ1v) is 7.82.